The van der Waals surface area contributed by atoms with Crippen LogP contribution >= 0.6 is 0 Å². The molecular weight excluding hydrogens is 354 g/mol. The maximum Gasteiger partial charge on any atom is 0.262 e. The van der Waals surface area contributed by atoms with E-state index < -0.39 is 0 Å². The van der Waals surface area contributed by atoms with Gasteiger partial charge in [0.15, 0.2) is 5.75 Å². The molecule has 28 heavy (non-hydrogen) atoms. The van der Waals surface area contributed by atoms with E-state index in [9.17, 15) is 0 Å². The molecule has 2 N–H and O–H groups in total. The first-order valence-electron chi connectivity index (χ1n) is 10.5. The van der Waals surface area contributed by atoms with Crippen LogP contribution in [0.25, 0.3) is 0 Å². The molecule has 6 heteroatoms. The van der Waals surface area contributed by atoms with Crippen LogP contribution in [-0.2, 0) is 4.74 Å². The third kappa shape index (κ3) is 3.81. The van der Waals surface area contributed by atoms with Crippen molar-refractivity contribution >= 4 is 5.82 Å². The van der Waals surface area contributed by atoms with Crippen molar-refractivity contribution in [1.82, 2.24) is 9.47 Å². The van der Waals surface area contributed by atoms with Crippen LogP contribution in [0, 0.1) is 0 Å². The van der Waals surface area contributed by atoms with Gasteiger partial charge in [0, 0.05) is 37.4 Å². The quantitative estimate of drug-likeness (QED) is 0.760. The molecule has 4 rings (SSSR count). The first kappa shape index (κ1) is 19.4. The highest BCUT2D eigenvalue weighted by Crippen LogP contribution is 2.39. The number of methoxy groups -OCH3 is 1. The summed E-state index contributed by atoms with van der Waals surface area (Å²) in [6.45, 7) is 2.79. The normalized spacial score (nSPS) is 28.2. The Morgan fingerprint density at radius 2 is 2.07 bits per heavy atom. The monoisotopic (exact) mass is 386 g/mol. The zero-order valence-electron chi connectivity index (χ0n) is 16.8. The number of ether oxygens (including phenoxy) is 3. The van der Waals surface area contributed by atoms with Gasteiger partial charge in [-0.3, -0.25) is 0 Å². The molecule has 0 bridgehead atoms. The van der Waals surface area contributed by atoms with E-state index >= 15 is 0 Å². The molecule has 0 radical (unpaired) electrons. The molecule has 152 valence electrons. The SMILES string of the molecule is COc1ccc([N+]2(C3CCCCC3)C=C(CN)C=CC2)nc1O[C@@H]1CCOC1. The topological polar surface area (TPSA) is 66.6 Å². The Morgan fingerprint density at radius 3 is 2.79 bits per heavy atom. The van der Waals surface area contributed by atoms with Crippen LogP contribution in [0.1, 0.15) is 38.5 Å². The van der Waals surface area contributed by atoms with Crippen LogP contribution in [0.2, 0.25) is 0 Å². The summed E-state index contributed by atoms with van der Waals surface area (Å²) in [4.78, 5) is 5.00. The van der Waals surface area contributed by atoms with Crippen LogP contribution in [0.15, 0.2) is 36.1 Å². The predicted molar refractivity (Wildman–Crippen MR) is 110 cm³/mol. The summed E-state index contributed by atoms with van der Waals surface area (Å²) in [5.41, 5.74) is 7.18. The lowest BCUT2D eigenvalue weighted by Crippen LogP contribution is -2.55. The van der Waals surface area contributed by atoms with Gasteiger partial charge in [0.1, 0.15) is 18.8 Å². The van der Waals surface area contributed by atoms with E-state index in [2.05, 4.69) is 24.4 Å². The van der Waals surface area contributed by atoms with Gasteiger partial charge in [0.05, 0.1) is 26.4 Å². The maximum absolute atomic E-state index is 6.18. The average molecular weight is 387 g/mol. The standard InChI is InChI=1S/C22H32N3O3/c1-26-20-9-10-21(24-22(20)28-19-11-13-27-16-19)25(18-7-3-2-4-8-18)12-5-6-17(14-23)15-25/h5-6,9-10,15,18-19H,2-4,7-8,11-14,16,23H2,1H3/q+1/t19-,25?/m1/s1. The highest BCUT2D eigenvalue weighted by molar-refractivity contribution is 5.50. The average Bonchev–Trinajstić information content (AvgIpc) is 3.27. The van der Waals surface area contributed by atoms with Crippen LogP contribution < -0.4 is 19.7 Å². The van der Waals surface area contributed by atoms with Gasteiger partial charge in [0.25, 0.3) is 5.88 Å². The fourth-order valence-electron chi connectivity index (χ4n) is 4.69. The molecule has 1 aromatic rings. The van der Waals surface area contributed by atoms with Gasteiger partial charge in [-0.25, -0.2) is 4.48 Å². The lowest BCUT2D eigenvalue weighted by Gasteiger charge is -2.43. The highest BCUT2D eigenvalue weighted by Gasteiger charge is 2.41. The van der Waals surface area contributed by atoms with Crippen molar-refractivity contribution < 1.29 is 14.2 Å². The van der Waals surface area contributed by atoms with Crippen molar-refractivity contribution in [1.29, 1.82) is 0 Å². The molecule has 1 aliphatic carbocycles. The molecule has 3 heterocycles. The van der Waals surface area contributed by atoms with Crippen LogP contribution in [-0.4, -0.2) is 50.5 Å². The molecule has 0 aromatic carbocycles. The number of hydrogen-bond acceptors (Lipinski definition) is 5. The molecule has 1 saturated carbocycles. The molecule has 2 fully saturated rings. The Morgan fingerprint density at radius 1 is 1.21 bits per heavy atom. The van der Waals surface area contributed by atoms with Crippen molar-refractivity contribution in [2.45, 2.75) is 50.7 Å². The van der Waals surface area contributed by atoms with Crippen molar-refractivity contribution in [3.63, 3.8) is 0 Å². The van der Waals surface area contributed by atoms with Crippen molar-refractivity contribution in [3.8, 4) is 11.6 Å². The third-order valence-electron chi connectivity index (χ3n) is 6.22. The van der Waals surface area contributed by atoms with Gasteiger partial charge in [-0.1, -0.05) is 12.5 Å². The van der Waals surface area contributed by atoms with E-state index in [1.807, 2.05) is 6.07 Å². The van der Waals surface area contributed by atoms with Crippen molar-refractivity contribution in [3.05, 3.63) is 36.1 Å². The summed E-state index contributed by atoms with van der Waals surface area (Å²) in [5.74, 6) is 2.26. The summed E-state index contributed by atoms with van der Waals surface area (Å²) in [5, 5.41) is 0. The fraction of sp³-hybridized carbons (Fsp3) is 0.591. The van der Waals surface area contributed by atoms with Crippen LogP contribution in [0.4, 0.5) is 5.82 Å². The van der Waals surface area contributed by atoms with Gasteiger partial charge < -0.3 is 19.9 Å². The summed E-state index contributed by atoms with van der Waals surface area (Å²) >= 11 is 0. The van der Waals surface area contributed by atoms with Crippen molar-refractivity contribution in [2.24, 2.45) is 5.73 Å². The van der Waals surface area contributed by atoms with E-state index in [1.54, 1.807) is 7.11 Å². The minimum Gasteiger partial charge on any atom is -0.491 e. The molecule has 2 atom stereocenters. The van der Waals surface area contributed by atoms with Gasteiger partial charge in [-0.2, -0.15) is 4.98 Å². The number of nitrogens with zero attached hydrogens (tertiary/aromatic N) is 2. The lowest BCUT2D eigenvalue weighted by molar-refractivity contribution is 0.134. The van der Waals surface area contributed by atoms with Crippen LogP contribution in [0.3, 0.4) is 0 Å². The summed E-state index contributed by atoms with van der Waals surface area (Å²) in [6, 6.07) is 4.60. The van der Waals surface area contributed by atoms with E-state index in [0.29, 0.717) is 30.8 Å². The first-order chi connectivity index (χ1) is 13.7. The predicted octanol–water partition coefficient (Wildman–Crippen LogP) is 3.31. The summed E-state index contributed by atoms with van der Waals surface area (Å²) < 4.78 is 17.9. The Labute approximate surface area is 167 Å². The lowest BCUT2D eigenvalue weighted by atomic mass is 9.91. The molecule has 6 nitrogen and oxygen atoms in total. The molecule has 1 saturated heterocycles. The molecule has 1 unspecified atom stereocenters. The highest BCUT2D eigenvalue weighted by atomic mass is 16.6. The maximum atomic E-state index is 6.18. The molecule has 1 aromatic heterocycles. The van der Waals surface area contributed by atoms with E-state index in [4.69, 9.17) is 24.9 Å². The number of hydrogen-bond donors (Lipinski definition) is 1. The number of pyridine rings is 1. The minimum atomic E-state index is 0.0381. The van der Waals surface area contributed by atoms with Gasteiger partial charge in [-0.15, -0.1) is 0 Å². The van der Waals surface area contributed by atoms with E-state index in [-0.39, 0.29) is 6.10 Å². The Bertz CT molecular complexity index is 737. The number of rotatable bonds is 6. The smallest absolute Gasteiger partial charge is 0.262 e. The zero-order chi connectivity index (χ0) is 19.4. The molecule has 0 spiro atoms. The number of nitrogens with two attached hydrogens (primary N) is 1. The van der Waals surface area contributed by atoms with E-state index in [0.717, 1.165) is 29.9 Å². The number of aromatic nitrogens is 1. The largest absolute Gasteiger partial charge is 0.491 e. The first-order valence-corrected chi connectivity index (χ1v) is 10.5. The Hall–Kier alpha value is -1.89. The summed E-state index contributed by atoms with van der Waals surface area (Å²) in [7, 11) is 1.66. The number of quaternary nitrogens is 1. The second-order valence-electron chi connectivity index (χ2n) is 8.00. The van der Waals surface area contributed by atoms with Crippen LogP contribution in [0.5, 0.6) is 11.6 Å². The molecule has 2 aliphatic heterocycles. The third-order valence-corrected chi connectivity index (χ3v) is 6.22. The Balaban J connectivity index is 1.73. The summed E-state index contributed by atoms with van der Waals surface area (Å²) in [6.07, 6.45) is 13.9. The van der Waals surface area contributed by atoms with E-state index in [1.165, 1.54) is 37.7 Å². The van der Waals surface area contributed by atoms with Gasteiger partial charge in [0.2, 0.25) is 5.82 Å². The van der Waals surface area contributed by atoms with Gasteiger partial charge >= 0.3 is 0 Å². The Kier molecular flexibility index (Phi) is 5.99. The molecular formula is C22H32N3O3+. The molecule has 0 amide bonds. The van der Waals surface area contributed by atoms with Crippen molar-refractivity contribution in [2.75, 3.05) is 33.4 Å². The second-order valence-corrected chi connectivity index (χ2v) is 8.00. The van der Waals surface area contributed by atoms with Gasteiger partial charge in [-0.05, 0) is 25.0 Å². The second kappa shape index (κ2) is 8.64. The fourth-order valence-corrected chi connectivity index (χ4v) is 4.69. The molecule has 3 aliphatic rings. The minimum absolute atomic E-state index is 0.0381. The zero-order valence-corrected chi connectivity index (χ0v) is 16.8.